The number of hydrogen-bond donors (Lipinski definition) is 0. The molecular formula is C40H32N2. The van der Waals surface area contributed by atoms with Gasteiger partial charge in [-0.3, -0.25) is 0 Å². The Morgan fingerprint density at radius 3 is 1.52 bits per heavy atom. The number of nitrogens with zero attached hydrogens (tertiary/aromatic N) is 2. The van der Waals surface area contributed by atoms with Crippen LogP contribution in [0, 0.1) is 13.8 Å². The first-order valence-corrected chi connectivity index (χ1v) is 14.4. The molecule has 42 heavy (non-hydrogen) atoms. The molecule has 202 valence electrons. The molecule has 0 amide bonds. The van der Waals surface area contributed by atoms with Gasteiger partial charge in [-0.05, 0) is 85.6 Å². The zero-order valence-corrected chi connectivity index (χ0v) is 23.9. The van der Waals surface area contributed by atoms with Gasteiger partial charge in [0.15, 0.2) is 0 Å². The molecule has 0 aliphatic carbocycles. The van der Waals surface area contributed by atoms with Crippen molar-refractivity contribution in [3.05, 3.63) is 168 Å². The van der Waals surface area contributed by atoms with E-state index in [1.54, 1.807) is 0 Å². The fourth-order valence-electron chi connectivity index (χ4n) is 6.01. The maximum Gasteiger partial charge on any atom is 0.0541 e. The Kier molecular flexibility index (Phi) is 6.65. The zero-order chi connectivity index (χ0) is 28.5. The van der Waals surface area contributed by atoms with E-state index in [2.05, 4.69) is 181 Å². The lowest BCUT2D eigenvalue weighted by molar-refractivity contribution is 1.17. The molecule has 0 aliphatic rings. The molecule has 0 radical (unpaired) electrons. The van der Waals surface area contributed by atoms with Crippen LogP contribution in [0.5, 0.6) is 0 Å². The van der Waals surface area contributed by atoms with Crippen molar-refractivity contribution in [1.29, 1.82) is 0 Å². The Morgan fingerprint density at radius 2 is 0.929 bits per heavy atom. The van der Waals surface area contributed by atoms with E-state index in [4.69, 9.17) is 0 Å². The van der Waals surface area contributed by atoms with Gasteiger partial charge in [-0.15, -0.1) is 0 Å². The highest BCUT2D eigenvalue weighted by Crippen LogP contribution is 2.37. The Balaban J connectivity index is 1.24. The van der Waals surface area contributed by atoms with Crippen molar-refractivity contribution in [2.45, 2.75) is 13.8 Å². The summed E-state index contributed by atoms with van der Waals surface area (Å²) in [5, 5.41) is 2.55. The minimum atomic E-state index is 1.12. The fourth-order valence-corrected chi connectivity index (χ4v) is 6.01. The molecule has 7 rings (SSSR count). The molecule has 0 saturated heterocycles. The maximum atomic E-state index is 2.36. The lowest BCUT2D eigenvalue weighted by atomic mass is 10.1. The molecule has 0 atom stereocenters. The first-order valence-electron chi connectivity index (χ1n) is 14.4. The van der Waals surface area contributed by atoms with Crippen LogP contribution in [0.15, 0.2) is 146 Å². The van der Waals surface area contributed by atoms with Crippen molar-refractivity contribution in [1.82, 2.24) is 4.57 Å². The smallest absolute Gasteiger partial charge is 0.0541 e. The van der Waals surface area contributed by atoms with Crippen molar-refractivity contribution >= 4 is 51.0 Å². The summed E-state index contributed by atoms with van der Waals surface area (Å²) in [6.07, 6.45) is 4.38. The van der Waals surface area contributed by atoms with Gasteiger partial charge in [0.05, 0.1) is 11.0 Å². The number of aromatic nitrogens is 1. The van der Waals surface area contributed by atoms with Gasteiger partial charge in [0.25, 0.3) is 0 Å². The van der Waals surface area contributed by atoms with Crippen LogP contribution in [0.1, 0.15) is 22.3 Å². The van der Waals surface area contributed by atoms with Crippen LogP contribution in [-0.2, 0) is 0 Å². The number of anilines is 3. The van der Waals surface area contributed by atoms with Crippen LogP contribution < -0.4 is 4.90 Å². The van der Waals surface area contributed by atoms with Crippen molar-refractivity contribution in [2.75, 3.05) is 4.90 Å². The molecule has 1 aromatic heterocycles. The Labute approximate surface area is 247 Å². The zero-order valence-electron chi connectivity index (χ0n) is 23.9. The van der Waals surface area contributed by atoms with E-state index in [0.29, 0.717) is 0 Å². The second kappa shape index (κ2) is 10.9. The molecule has 7 aromatic rings. The van der Waals surface area contributed by atoms with Gasteiger partial charge in [0.2, 0.25) is 0 Å². The summed E-state index contributed by atoms with van der Waals surface area (Å²) < 4.78 is 2.36. The predicted molar refractivity (Wildman–Crippen MR) is 180 cm³/mol. The van der Waals surface area contributed by atoms with E-state index in [9.17, 15) is 0 Å². The normalized spacial score (nSPS) is 11.5. The summed E-state index contributed by atoms with van der Waals surface area (Å²) in [7, 11) is 0. The van der Waals surface area contributed by atoms with Gasteiger partial charge in [-0.2, -0.15) is 0 Å². The van der Waals surface area contributed by atoms with Gasteiger partial charge in [-0.25, -0.2) is 0 Å². The van der Waals surface area contributed by atoms with Gasteiger partial charge in [0.1, 0.15) is 0 Å². The molecule has 0 unspecified atom stereocenters. The largest absolute Gasteiger partial charge is 0.311 e. The third-order valence-electron chi connectivity index (χ3n) is 7.82. The minimum Gasteiger partial charge on any atom is -0.311 e. The highest BCUT2D eigenvalue weighted by Gasteiger charge is 2.14. The minimum absolute atomic E-state index is 1.12. The van der Waals surface area contributed by atoms with Gasteiger partial charge in [0, 0.05) is 33.5 Å². The summed E-state index contributed by atoms with van der Waals surface area (Å²) >= 11 is 0. The highest BCUT2D eigenvalue weighted by molar-refractivity contribution is 6.09. The molecule has 1 heterocycles. The van der Waals surface area contributed by atoms with E-state index in [-0.39, 0.29) is 0 Å². The number of fused-ring (bicyclic) bond motifs is 3. The summed E-state index contributed by atoms with van der Waals surface area (Å²) in [6.45, 7) is 4.29. The molecule has 2 heteroatoms. The molecule has 0 aliphatic heterocycles. The van der Waals surface area contributed by atoms with Crippen molar-refractivity contribution in [2.24, 2.45) is 0 Å². The fraction of sp³-hybridized carbons (Fsp3) is 0.0500. The van der Waals surface area contributed by atoms with Crippen LogP contribution >= 0.6 is 0 Å². The maximum absolute atomic E-state index is 2.36. The number of hydrogen-bond acceptors (Lipinski definition) is 1. The average Bonchev–Trinajstić information content (AvgIpc) is 3.36. The number of benzene rings is 6. The standard InChI is InChI=1S/C40H32N2/c1-29-26-30(2)28-32(27-29)17-16-31-18-20-34(21-19-31)41(33-10-4-3-5-11-33)35-22-24-36(25-23-35)42-39-14-8-6-12-37(39)38-13-7-9-15-40(38)42/h3-28H,1-2H3/b17-16+. The van der Waals surface area contributed by atoms with Gasteiger partial charge < -0.3 is 9.47 Å². The van der Waals surface area contributed by atoms with Crippen LogP contribution in [0.4, 0.5) is 17.1 Å². The van der Waals surface area contributed by atoms with Crippen molar-refractivity contribution in [3.63, 3.8) is 0 Å². The lowest BCUT2D eigenvalue weighted by Gasteiger charge is -2.26. The van der Waals surface area contributed by atoms with Crippen LogP contribution in [0.25, 0.3) is 39.6 Å². The first kappa shape index (κ1) is 25.6. The number of rotatable bonds is 6. The van der Waals surface area contributed by atoms with E-state index >= 15 is 0 Å². The Morgan fingerprint density at radius 1 is 0.452 bits per heavy atom. The number of para-hydroxylation sites is 3. The summed E-state index contributed by atoms with van der Waals surface area (Å²) in [5.41, 5.74) is 11.9. The van der Waals surface area contributed by atoms with Crippen LogP contribution in [0.3, 0.4) is 0 Å². The number of aryl methyl sites for hydroxylation is 2. The monoisotopic (exact) mass is 540 g/mol. The first-order chi connectivity index (χ1) is 20.6. The summed E-state index contributed by atoms with van der Waals surface area (Å²) in [4.78, 5) is 2.31. The Hall–Kier alpha value is -5.34. The summed E-state index contributed by atoms with van der Waals surface area (Å²) in [6, 6.07) is 52.2. The SMILES string of the molecule is Cc1cc(C)cc(/C=C/c2ccc(N(c3ccccc3)c3ccc(-n4c5ccccc5c5ccccc54)cc3)cc2)c1. The molecule has 0 bridgehead atoms. The molecular weight excluding hydrogens is 508 g/mol. The highest BCUT2D eigenvalue weighted by atomic mass is 15.1. The van der Waals surface area contributed by atoms with E-state index < -0.39 is 0 Å². The summed E-state index contributed by atoms with van der Waals surface area (Å²) in [5.74, 6) is 0. The second-order valence-corrected chi connectivity index (χ2v) is 10.9. The molecule has 2 nitrogen and oxygen atoms in total. The molecule has 6 aromatic carbocycles. The second-order valence-electron chi connectivity index (χ2n) is 10.9. The van der Waals surface area contributed by atoms with Gasteiger partial charge >= 0.3 is 0 Å². The Bertz CT molecular complexity index is 1960. The van der Waals surface area contributed by atoms with Gasteiger partial charge in [-0.1, -0.05) is 108 Å². The molecule has 0 saturated carbocycles. The molecule has 0 N–H and O–H groups in total. The van der Waals surface area contributed by atoms with Crippen molar-refractivity contribution < 1.29 is 0 Å². The van der Waals surface area contributed by atoms with E-state index in [1.165, 1.54) is 44.1 Å². The molecule has 0 fully saturated rings. The molecule has 0 spiro atoms. The predicted octanol–water partition coefficient (Wildman–Crippen LogP) is 11.0. The third-order valence-corrected chi connectivity index (χ3v) is 7.82. The van der Waals surface area contributed by atoms with E-state index in [1.807, 2.05) is 0 Å². The third kappa shape index (κ3) is 4.88. The van der Waals surface area contributed by atoms with Crippen molar-refractivity contribution in [3.8, 4) is 5.69 Å². The van der Waals surface area contributed by atoms with Crippen LogP contribution in [-0.4, -0.2) is 4.57 Å². The van der Waals surface area contributed by atoms with E-state index in [0.717, 1.165) is 22.7 Å². The topological polar surface area (TPSA) is 8.17 Å². The average molecular weight is 541 g/mol. The van der Waals surface area contributed by atoms with Crippen LogP contribution in [0.2, 0.25) is 0 Å². The lowest BCUT2D eigenvalue weighted by Crippen LogP contribution is -2.10. The quantitative estimate of drug-likeness (QED) is 0.190.